The van der Waals surface area contributed by atoms with Crippen molar-refractivity contribution in [3.8, 4) is 5.88 Å². The maximum atomic E-state index is 6.15. The number of fused-ring (bicyclic) bond motifs is 1. The molecule has 1 fully saturated rings. The summed E-state index contributed by atoms with van der Waals surface area (Å²) in [5.74, 6) is 0.630. The lowest BCUT2D eigenvalue weighted by Crippen LogP contribution is -2.38. The molecule has 2 aromatic heterocycles. The Morgan fingerprint density at radius 3 is 2.95 bits per heavy atom. The van der Waals surface area contributed by atoms with Crippen molar-refractivity contribution in [3.05, 3.63) is 29.0 Å². The highest BCUT2D eigenvalue weighted by Gasteiger charge is 2.12. The molecule has 0 spiro atoms. The lowest BCUT2D eigenvalue weighted by molar-refractivity contribution is 0.0319. The van der Waals surface area contributed by atoms with Crippen LogP contribution in [0, 0.1) is 6.92 Å². The molecule has 0 amide bonds. The van der Waals surface area contributed by atoms with Crippen molar-refractivity contribution in [3.63, 3.8) is 0 Å². The largest absolute Gasteiger partial charge is 0.476 e. The van der Waals surface area contributed by atoms with Crippen LogP contribution in [0.25, 0.3) is 10.9 Å². The van der Waals surface area contributed by atoms with Gasteiger partial charge in [0.25, 0.3) is 0 Å². The van der Waals surface area contributed by atoms with Crippen LogP contribution in [0.5, 0.6) is 5.88 Å². The van der Waals surface area contributed by atoms with Crippen molar-refractivity contribution in [1.29, 1.82) is 0 Å². The summed E-state index contributed by atoms with van der Waals surface area (Å²) in [5.41, 5.74) is 1.77. The predicted octanol–water partition coefficient (Wildman–Crippen LogP) is 2.30. The molecule has 21 heavy (non-hydrogen) atoms. The van der Waals surface area contributed by atoms with Gasteiger partial charge in [-0.25, -0.2) is 4.98 Å². The van der Waals surface area contributed by atoms with E-state index >= 15 is 0 Å². The zero-order valence-corrected chi connectivity index (χ0v) is 12.8. The van der Waals surface area contributed by atoms with Crippen LogP contribution < -0.4 is 4.74 Å². The molecule has 112 valence electrons. The molecule has 0 unspecified atom stereocenters. The standard InChI is InChI=1S/C15H18ClN3O2/c1-11-14-12(13(16)2-3-17-14)10-18-15(11)21-9-6-19-4-7-20-8-5-19/h2-3,10H,4-9H2,1H3. The van der Waals surface area contributed by atoms with E-state index in [4.69, 9.17) is 21.1 Å². The van der Waals surface area contributed by atoms with Gasteiger partial charge in [0.2, 0.25) is 5.88 Å². The van der Waals surface area contributed by atoms with E-state index in [1.165, 1.54) is 0 Å². The van der Waals surface area contributed by atoms with E-state index in [1.54, 1.807) is 18.5 Å². The third-order valence-corrected chi connectivity index (χ3v) is 4.00. The highest BCUT2D eigenvalue weighted by Crippen LogP contribution is 2.27. The number of aromatic nitrogens is 2. The average molecular weight is 308 g/mol. The van der Waals surface area contributed by atoms with Crippen molar-refractivity contribution in [2.45, 2.75) is 6.92 Å². The topological polar surface area (TPSA) is 47.5 Å². The summed E-state index contributed by atoms with van der Waals surface area (Å²) >= 11 is 6.15. The Morgan fingerprint density at radius 1 is 1.33 bits per heavy atom. The lowest BCUT2D eigenvalue weighted by atomic mass is 10.2. The first-order valence-electron chi connectivity index (χ1n) is 7.08. The molecule has 3 rings (SSSR count). The summed E-state index contributed by atoms with van der Waals surface area (Å²) < 4.78 is 11.1. The van der Waals surface area contributed by atoms with Gasteiger partial charge in [0, 0.05) is 43.0 Å². The van der Waals surface area contributed by atoms with Gasteiger partial charge < -0.3 is 9.47 Å². The van der Waals surface area contributed by atoms with E-state index in [9.17, 15) is 0 Å². The number of nitrogens with zero attached hydrogens (tertiary/aromatic N) is 3. The van der Waals surface area contributed by atoms with Gasteiger partial charge in [0.05, 0.1) is 23.8 Å². The number of aryl methyl sites for hydroxylation is 1. The zero-order chi connectivity index (χ0) is 14.7. The highest BCUT2D eigenvalue weighted by molar-refractivity contribution is 6.35. The van der Waals surface area contributed by atoms with Crippen LogP contribution in [0.2, 0.25) is 5.02 Å². The number of ether oxygens (including phenoxy) is 2. The second kappa shape index (κ2) is 6.56. The van der Waals surface area contributed by atoms with Crippen LogP contribution in [0.1, 0.15) is 5.56 Å². The Labute approximate surface area is 128 Å². The number of hydrogen-bond donors (Lipinski definition) is 0. The number of hydrogen-bond acceptors (Lipinski definition) is 5. The van der Waals surface area contributed by atoms with Crippen LogP contribution in [-0.2, 0) is 4.74 Å². The summed E-state index contributed by atoms with van der Waals surface area (Å²) in [6.07, 6.45) is 3.43. The zero-order valence-electron chi connectivity index (χ0n) is 12.0. The molecule has 0 saturated carbocycles. The van der Waals surface area contributed by atoms with E-state index in [2.05, 4.69) is 14.9 Å². The van der Waals surface area contributed by atoms with Gasteiger partial charge in [-0.1, -0.05) is 11.6 Å². The van der Waals surface area contributed by atoms with Crippen LogP contribution in [0.3, 0.4) is 0 Å². The van der Waals surface area contributed by atoms with Gasteiger partial charge in [-0.2, -0.15) is 0 Å². The second-order valence-electron chi connectivity index (χ2n) is 5.05. The van der Waals surface area contributed by atoms with E-state index in [0.717, 1.165) is 49.3 Å². The molecule has 1 aliphatic heterocycles. The smallest absolute Gasteiger partial charge is 0.218 e. The molecular weight excluding hydrogens is 290 g/mol. The maximum Gasteiger partial charge on any atom is 0.218 e. The van der Waals surface area contributed by atoms with Crippen molar-refractivity contribution >= 4 is 22.5 Å². The van der Waals surface area contributed by atoms with E-state index < -0.39 is 0 Å². The molecular formula is C15H18ClN3O2. The van der Waals surface area contributed by atoms with Crippen molar-refractivity contribution < 1.29 is 9.47 Å². The van der Waals surface area contributed by atoms with Crippen molar-refractivity contribution in [2.24, 2.45) is 0 Å². The van der Waals surface area contributed by atoms with Gasteiger partial charge in [-0.3, -0.25) is 9.88 Å². The minimum Gasteiger partial charge on any atom is -0.476 e. The Morgan fingerprint density at radius 2 is 2.14 bits per heavy atom. The SMILES string of the molecule is Cc1c(OCCN2CCOCC2)ncc2c(Cl)ccnc12. The fraction of sp³-hybridized carbons (Fsp3) is 0.467. The third-order valence-electron chi connectivity index (χ3n) is 3.67. The summed E-state index contributed by atoms with van der Waals surface area (Å²) in [5, 5.41) is 1.52. The quantitative estimate of drug-likeness (QED) is 0.867. The Hall–Kier alpha value is -1.43. The molecule has 0 bridgehead atoms. The first kappa shape index (κ1) is 14.5. The lowest BCUT2D eigenvalue weighted by Gasteiger charge is -2.26. The maximum absolute atomic E-state index is 6.15. The molecule has 0 radical (unpaired) electrons. The van der Waals surface area contributed by atoms with Gasteiger partial charge >= 0.3 is 0 Å². The first-order chi connectivity index (χ1) is 10.3. The summed E-state index contributed by atoms with van der Waals surface area (Å²) in [4.78, 5) is 11.1. The van der Waals surface area contributed by atoms with E-state index in [1.807, 2.05) is 6.92 Å². The van der Waals surface area contributed by atoms with Crippen LogP contribution in [0.4, 0.5) is 0 Å². The summed E-state index contributed by atoms with van der Waals surface area (Å²) in [7, 11) is 0. The number of halogens is 1. The first-order valence-corrected chi connectivity index (χ1v) is 7.46. The Bertz CT molecular complexity index is 630. The van der Waals surface area contributed by atoms with Gasteiger partial charge in [0.1, 0.15) is 6.61 Å². The Balaban J connectivity index is 1.68. The predicted molar refractivity (Wildman–Crippen MR) is 82.0 cm³/mol. The van der Waals surface area contributed by atoms with Crippen molar-refractivity contribution in [2.75, 3.05) is 39.5 Å². The van der Waals surface area contributed by atoms with E-state index in [-0.39, 0.29) is 0 Å². The van der Waals surface area contributed by atoms with E-state index in [0.29, 0.717) is 17.5 Å². The minimum absolute atomic E-state index is 0.611. The molecule has 3 heterocycles. The molecule has 1 saturated heterocycles. The van der Waals surface area contributed by atoms with Crippen LogP contribution in [-0.4, -0.2) is 54.3 Å². The molecule has 0 atom stereocenters. The molecule has 2 aromatic rings. The molecule has 1 aliphatic rings. The molecule has 0 N–H and O–H groups in total. The van der Waals surface area contributed by atoms with Crippen LogP contribution in [0.15, 0.2) is 18.5 Å². The monoisotopic (exact) mass is 307 g/mol. The fourth-order valence-electron chi connectivity index (χ4n) is 2.43. The third kappa shape index (κ3) is 3.26. The Kier molecular flexibility index (Phi) is 4.53. The van der Waals surface area contributed by atoms with Gasteiger partial charge in [-0.05, 0) is 13.0 Å². The molecule has 5 nitrogen and oxygen atoms in total. The average Bonchev–Trinajstić information content (AvgIpc) is 2.51. The molecule has 6 heteroatoms. The highest BCUT2D eigenvalue weighted by atomic mass is 35.5. The summed E-state index contributed by atoms with van der Waals surface area (Å²) in [6.45, 7) is 6.98. The van der Waals surface area contributed by atoms with Gasteiger partial charge in [-0.15, -0.1) is 0 Å². The fourth-order valence-corrected chi connectivity index (χ4v) is 2.63. The second-order valence-corrected chi connectivity index (χ2v) is 5.45. The molecule has 0 aliphatic carbocycles. The number of morpholine rings is 1. The number of rotatable bonds is 4. The number of pyridine rings is 2. The normalized spacial score (nSPS) is 16.3. The molecule has 0 aromatic carbocycles. The van der Waals surface area contributed by atoms with Gasteiger partial charge in [0.15, 0.2) is 0 Å². The minimum atomic E-state index is 0.611. The van der Waals surface area contributed by atoms with Crippen LogP contribution >= 0.6 is 11.6 Å². The summed E-state index contributed by atoms with van der Waals surface area (Å²) in [6, 6.07) is 1.77. The van der Waals surface area contributed by atoms with Crippen molar-refractivity contribution in [1.82, 2.24) is 14.9 Å².